The van der Waals surface area contributed by atoms with Crippen LogP contribution in [0.1, 0.15) is 5.56 Å². The molecule has 3 aromatic carbocycles. The van der Waals surface area contributed by atoms with E-state index in [2.05, 4.69) is 30.3 Å². The minimum absolute atomic E-state index is 0.0120. The van der Waals surface area contributed by atoms with Gasteiger partial charge in [0.15, 0.2) is 0 Å². The molecule has 0 radical (unpaired) electrons. The third-order valence-corrected chi connectivity index (χ3v) is 5.49. The van der Waals surface area contributed by atoms with E-state index in [1.807, 2.05) is 64.4 Å². The van der Waals surface area contributed by atoms with E-state index >= 15 is 0 Å². The molecule has 0 aromatic heterocycles. The zero-order valence-corrected chi connectivity index (χ0v) is 16.8. The smallest absolute Gasteiger partial charge is 0.241 e. The van der Waals surface area contributed by atoms with Crippen molar-refractivity contribution in [3.8, 4) is 11.1 Å². The Morgan fingerprint density at radius 2 is 1.57 bits per heavy atom. The first-order valence-corrected chi connectivity index (χ1v) is 10.1. The van der Waals surface area contributed by atoms with E-state index in [1.54, 1.807) is 0 Å². The number of nitrogens with zero attached hydrogens (tertiary/aromatic N) is 2. The molecule has 0 saturated carbocycles. The fourth-order valence-electron chi connectivity index (χ4n) is 4.01. The summed E-state index contributed by atoms with van der Waals surface area (Å²) >= 11 is 0. The maximum Gasteiger partial charge on any atom is 0.241 e. The summed E-state index contributed by atoms with van der Waals surface area (Å²) in [5.74, 6) is -0.439. The molecule has 1 heterocycles. The van der Waals surface area contributed by atoms with Crippen molar-refractivity contribution in [3.05, 3.63) is 90.5 Å². The van der Waals surface area contributed by atoms with Crippen molar-refractivity contribution in [2.75, 3.05) is 24.5 Å². The first-order valence-electron chi connectivity index (χ1n) is 10.1. The summed E-state index contributed by atoms with van der Waals surface area (Å²) in [6.45, 7) is 0.774. The van der Waals surface area contributed by atoms with Gasteiger partial charge in [-0.05, 0) is 35.2 Å². The minimum Gasteiger partial charge on any atom is -0.369 e. The molecule has 152 valence electrons. The summed E-state index contributed by atoms with van der Waals surface area (Å²) in [5, 5.41) is 0. The molecule has 1 unspecified atom stereocenters. The van der Waals surface area contributed by atoms with Gasteiger partial charge in [-0.1, -0.05) is 72.8 Å². The predicted octanol–water partition coefficient (Wildman–Crippen LogP) is 3.10. The van der Waals surface area contributed by atoms with Crippen LogP contribution in [-0.4, -0.2) is 42.4 Å². The highest BCUT2D eigenvalue weighted by Gasteiger charge is 2.33. The van der Waals surface area contributed by atoms with Crippen LogP contribution in [0.4, 0.5) is 5.69 Å². The third-order valence-electron chi connectivity index (χ3n) is 5.49. The van der Waals surface area contributed by atoms with Crippen LogP contribution >= 0.6 is 0 Å². The zero-order chi connectivity index (χ0) is 20.9. The molecule has 2 N–H and O–H groups in total. The van der Waals surface area contributed by atoms with E-state index in [4.69, 9.17) is 5.73 Å². The summed E-state index contributed by atoms with van der Waals surface area (Å²) < 4.78 is 0. The topological polar surface area (TPSA) is 66.6 Å². The average molecular weight is 399 g/mol. The molecule has 3 aromatic rings. The highest BCUT2D eigenvalue weighted by Crippen LogP contribution is 2.27. The Morgan fingerprint density at radius 3 is 2.27 bits per heavy atom. The maximum atomic E-state index is 13.0. The lowest BCUT2D eigenvalue weighted by molar-refractivity contribution is -0.125. The summed E-state index contributed by atoms with van der Waals surface area (Å²) in [6, 6.07) is 28.3. The van der Waals surface area contributed by atoms with Crippen LogP contribution < -0.4 is 10.6 Å². The Balaban J connectivity index is 1.61. The number of hydrogen-bond acceptors (Lipinski definition) is 3. The van der Waals surface area contributed by atoms with Crippen molar-refractivity contribution in [1.82, 2.24) is 4.90 Å². The Labute approximate surface area is 176 Å². The predicted molar refractivity (Wildman–Crippen MR) is 119 cm³/mol. The number of primary amides is 1. The summed E-state index contributed by atoms with van der Waals surface area (Å²) in [4.78, 5) is 28.3. The Bertz CT molecular complexity index is 1020. The lowest BCUT2D eigenvalue weighted by Gasteiger charge is -2.40. The summed E-state index contributed by atoms with van der Waals surface area (Å²) in [5.41, 5.74) is 9.67. The molecule has 5 nitrogen and oxygen atoms in total. The normalized spacial score (nSPS) is 17.1. The van der Waals surface area contributed by atoms with Gasteiger partial charge in [0.05, 0.1) is 13.1 Å². The molecule has 4 rings (SSSR count). The second-order valence-electron chi connectivity index (χ2n) is 7.64. The van der Waals surface area contributed by atoms with Gasteiger partial charge in [0, 0.05) is 18.3 Å². The van der Waals surface area contributed by atoms with Gasteiger partial charge in [-0.15, -0.1) is 0 Å². The first-order chi connectivity index (χ1) is 14.6. The molecular weight excluding hydrogens is 374 g/mol. The average Bonchev–Trinajstić information content (AvgIpc) is 2.76. The van der Waals surface area contributed by atoms with Gasteiger partial charge in [-0.25, -0.2) is 0 Å². The summed E-state index contributed by atoms with van der Waals surface area (Å²) in [7, 11) is 0. The fraction of sp³-hybridized carbons (Fsp3) is 0.200. The monoisotopic (exact) mass is 399 g/mol. The minimum atomic E-state index is -0.416. The number of anilines is 1. The number of benzene rings is 3. The molecule has 30 heavy (non-hydrogen) atoms. The fourth-order valence-corrected chi connectivity index (χ4v) is 4.01. The van der Waals surface area contributed by atoms with Crippen molar-refractivity contribution in [1.29, 1.82) is 0 Å². The standard InChI is InChI=1S/C25H25N3O2/c26-24(29)17-27-18-25(30)28(16-23(27)14-19-8-3-1-4-9-19)22-13-7-12-21(15-22)20-10-5-2-6-11-20/h1-13,15,23H,14,16-18H2,(H2,26,29). The largest absolute Gasteiger partial charge is 0.369 e. The number of piperazine rings is 1. The van der Waals surface area contributed by atoms with Crippen LogP contribution in [0.2, 0.25) is 0 Å². The van der Waals surface area contributed by atoms with Crippen LogP contribution in [0.25, 0.3) is 11.1 Å². The van der Waals surface area contributed by atoms with Crippen LogP contribution in [-0.2, 0) is 16.0 Å². The van der Waals surface area contributed by atoms with Gasteiger partial charge in [0.25, 0.3) is 0 Å². The lowest BCUT2D eigenvalue weighted by atomic mass is 10.00. The van der Waals surface area contributed by atoms with Crippen molar-refractivity contribution < 1.29 is 9.59 Å². The van der Waals surface area contributed by atoms with E-state index < -0.39 is 5.91 Å². The molecule has 1 saturated heterocycles. The quantitative estimate of drug-likeness (QED) is 0.693. The van der Waals surface area contributed by atoms with Crippen LogP contribution in [0.5, 0.6) is 0 Å². The molecule has 0 bridgehead atoms. The van der Waals surface area contributed by atoms with Gasteiger partial charge in [0.2, 0.25) is 11.8 Å². The van der Waals surface area contributed by atoms with Crippen molar-refractivity contribution in [2.24, 2.45) is 5.73 Å². The molecule has 0 spiro atoms. The molecular formula is C25H25N3O2. The molecule has 5 heteroatoms. The van der Waals surface area contributed by atoms with Crippen molar-refractivity contribution in [2.45, 2.75) is 12.5 Å². The number of carbonyl (C=O) groups excluding carboxylic acids is 2. The Kier molecular flexibility index (Phi) is 5.91. The van der Waals surface area contributed by atoms with Gasteiger partial charge < -0.3 is 10.6 Å². The number of hydrogen-bond donors (Lipinski definition) is 1. The molecule has 1 atom stereocenters. The SMILES string of the molecule is NC(=O)CN1CC(=O)N(c2cccc(-c3ccccc3)c2)CC1Cc1ccccc1. The molecule has 1 aliphatic heterocycles. The van der Waals surface area contributed by atoms with E-state index in [1.165, 1.54) is 5.56 Å². The van der Waals surface area contributed by atoms with Crippen LogP contribution in [0.15, 0.2) is 84.9 Å². The highest BCUT2D eigenvalue weighted by molar-refractivity contribution is 5.96. The van der Waals surface area contributed by atoms with Crippen LogP contribution in [0, 0.1) is 0 Å². The molecule has 1 aliphatic rings. The van der Waals surface area contributed by atoms with Crippen molar-refractivity contribution >= 4 is 17.5 Å². The van der Waals surface area contributed by atoms with Crippen LogP contribution in [0.3, 0.4) is 0 Å². The Morgan fingerprint density at radius 1 is 0.900 bits per heavy atom. The van der Waals surface area contributed by atoms with E-state index in [0.29, 0.717) is 6.54 Å². The second kappa shape index (κ2) is 8.93. The highest BCUT2D eigenvalue weighted by atomic mass is 16.2. The molecule has 1 fully saturated rings. The number of rotatable bonds is 6. The summed E-state index contributed by atoms with van der Waals surface area (Å²) in [6.07, 6.45) is 0.746. The zero-order valence-electron chi connectivity index (χ0n) is 16.8. The number of nitrogens with two attached hydrogens (primary N) is 1. The number of carbonyl (C=O) groups is 2. The van der Waals surface area contributed by atoms with E-state index in [-0.39, 0.29) is 25.0 Å². The molecule has 0 aliphatic carbocycles. The Hall–Kier alpha value is -3.44. The third kappa shape index (κ3) is 4.58. The molecule has 2 amide bonds. The maximum absolute atomic E-state index is 13.0. The first kappa shape index (κ1) is 19.9. The number of amides is 2. The van der Waals surface area contributed by atoms with Gasteiger partial charge in [0.1, 0.15) is 0 Å². The lowest BCUT2D eigenvalue weighted by Crippen LogP contribution is -2.58. The van der Waals surface area contributed by atoms with E-state index in [9.17, 15) is 9.59 Å². The van der Waals surface area contributed by atoms with E-state index in [0.717, 1.165) is 23.2 Å². The second-order valence-corrected chi connectivity index (χ2v) is 7.64. The van der Waals surface area contributed by atoms with Crippen molar-refractivity contribution in [3.63, 3.8) is 0 Å². The van der Waals surface area contributed by atoms with Gasteiger partial charge in [-0.2, -0.15) is 0 Å². The van der Waals surface area contributed by atoms with Gasteiger partial charge in [-0.3, -0.25) is 14.5 Å². The van der Waals surface area contributed by atoms with Gasteiger partial charge >= 0.3 is 0 Å².